The zero-order chi connectivity index (χ0) is 94.4. The molecule has 0 N–H and O–H groups in total. The molecule has 0 aliphatic heterocycles. The number of rotatable bonds is 12. The molecule has 0 aliphatic carbocycles. The van der Waals surface area contributed by atoms with Gasteiger partial charge in [-0.15, -0.1) is 0 Å². The number of furan rings is 3. The molecule has 0 bridgehead atoms. The first kappa shape index (κ1) is 83.0. The average molecular weight is 1830 g/mol. The van der Waals surface area contributed by atoms with Crippen molar-refractivity contribution < 1.29 is 13.3 Å². The van der Waals surface area contributed by atoms with Crippen molar-refractivity contribution >= 4 is 152 Å². The maximum absolute atomic E-state index is 6.20. The van der Waals surface area contributed by atoms with E-state index in [1.165, 1.54) is 32.3 Å². The molecule has 29 aromatic rings. The Labute approximate surface area is 819 Å². The van der Waals surface area contributed by atoms with E-state index in [9.17, 15) is 0 Å². The molecule has 12 nitrogen and oxygen atoms in total. The summed E-state index contributed by atoms with van der Waals surface area (Å²) in [5.41, 5.74) is 20.6. The molecule has 0 saturated heterocycles. The van der Waals surface area contributed by atoms with E-state index in [1.807, 2.05) is 127 Å². The lowest BCUT2D eigenvalue weighted by molar-refractivity contribution is 0.669. The van der Waals surface area contributed by atoms with Crippen molar-refractivity contribution in [2.24, 2.45) is 0 Å². The summed E-state index contributed by atoms with van der Waals surface area (Å²) in [7, 11) is 0. The Hall–Kier alpha value is -19.4. The highest BCUT2D eigenvalue weighted by Gasteiger charge is 2.24. The SMILES string of the molecule is c1ccc(-c2nc(-c3ccc4ccccc4c3)nc(-c3cc4ccccc4cc3-c3ccc4cc5oc6ccccc6c5cc4c3)n2)cc1.c1ccc(-c2nc(-c3ccc4ccccc4c3)nc(-c3ccc4ccccc4c3)n2)c(-c2ccc3c(ccc4oc5ccccc5c43)c2)c1.c1ccc(-c2nc(-c3ccccc3)nc(-c3cccc4cc(-c5ccc6ccc7oc8ccccc8c7c6c5)ccc34)n2)cc1. The minimum absolute atomic E-state index is 0.633. The molecule has 0 spiro atoms. The highest BCUT2D eigenvalue weighted by molar-refractivity contribution is 6.21. The predicted molar refractivity (Wildman–Crippen MR) is 587 cm³/mol. The molecule has 29 rings (SSSR count). The van der Waals surface area contributed by atoms with Crippen molar-refractivity contribution in [3.05, 3.63) is 479 Å². The minimum atomic E-state index is 0.633. The van der Waals surface area contributed by atoms with Crippen LogP contribution in [0.4, 0.5) is 0 Å². The average Bonchev–Trinajstić information content (AvgIpc) is 1.63. The van der Waals surface area contributed by atoms with Crippen LogP contribution < -0.4 is 0 Å². The number of hydrogen-bond donors (Lipinski definition) is 0. The summed E-state index contributed by atoms with van der Waals surface area (Å²) < 4.78 is 18.5. The van der Waals surface area contributed by atoms with Crippen LogP contribution in [0.2, 0.25) is 0 Å². The van der Waals surface area contributed by atoms with Crippen molar-refractivity contribution in [3.63, 3.8) is 0 Å². The van der Waals surface area contributed by atoms with Gasteiger partial charge in [0, 0.05) is 82.4 Å². The van der Waals surface area contributed by atoms with Gasteiger partial charge in [-0.1, -0.05) is 382 Å². The van der Waals surface area contributed by atoms with E-state index in [0.717, 1.165) is 203 Å². The molecule has 12 heteroatoms. The molecule has 23 aromatic carbocycles. The lowest BCUT2D eigenvalue weighted by atomic mass is 9.93. The van der Waals surface area contributed by atoms with Gasteiger partial charge in [0.25, 0.3) is 0 Å². The van der Waals surface area contributed by atoms with Crippen molar-refractivity contribution in [2.75, 3.05) is 0 Å². The Morgan fingerprint density at radius 1 is 0.112 bits per heavy atom. The molecule has 0 radical (unpaired) electrons. The predicted octanol–water partition coefficient (Wildman–Crippen LogP) is 34.5. The van der Waals surface area contributed by atoms with Crippen molar-refractivity contribution in [1.29, 1.82) is 0 Å². The van der Waals surface area contributed by atoms with Crippen LogP contribution in [0, 0.1) is 0 Å². The third-order valence-corrected chi connectivity index (χ3v) is 27.4. The molecule has 0 atom stereocenters. The van der Waals surface area contributed by atoms with Gasteiger partial charge >= 0.3 is 0 Å². The maximum atomic E-state index is 6.20. The molecule has 6 aromatic heterocycles. The molecule has 0 aliphatic rings. The second kappa shape index (κ2) is 35.0. The van der Waals surface area contributed by atoms with E-state index >= 15 is 0 Å². The second-order valence-corrected chi connectivity index (χ2v) is 36.2. The first-order chi connectivity index (χ1) is 70.8. The summed E-state index contributed by atoms with van der Waals surface area (Å²) in [6, 6.07) is 166. The van der Waals surface area contributed by atoms with Crippen LogP contribution in [0.15, 0.2) is 492 Å². The smallest absolute Gasteiger partial charge is 0.164 e. The Morgan fingerprint density at radius 3 is 0.979 bits per heavy atom. The molecule has 0 amide bonds. The van der Waals surface area contributed by atoms with E-state index in [1.54, 1.807) is 0 Å². The van der Waals surface area contributed by atoms with Gasteiger partial charge in [0.05, 0.1) is 0 Å². The fourth-order valence-corrected chi connectivity index (χ4v) is 20.3. The fraction of sp³-hybridized carbons (Fsp3) is 0. The van der Waals surface area contributed by atoms with Crippen LogP contribution in [0.3, 0.4) is 0 Å². The minimum Gasteiger partial charge on any atom is -0.456 e. The van der Waals surface area contributed by atoms with Gasteiger partial charge in [-0.05, 0) is 217 Å². The van der Waals surface area contributed by atoms with Crippen LogP contribution in [0.5, 0.6) is 0 Å². The Kier molecular flexibility index (Phi) is 20.3. The fourth-order valence-electron chi connectivity index (χ4n) is 20.3. The summed E-state index contributed by atoms with van der Waals surface area (Å²) >= 11 is 0. The first-order valence-corrected chi connectivity index (χ1v) is 47.9. The van der Waals surface area contributed by atoms with Crippen molar-refractivity contribution in [1.82, 2.24) is 44.9 Å². The van der Waals surface area contributed by atoms with Gasteiger partial charge in [0.2, 0.25) is 0 Å². The summed E-state index contributed by atoms with van der Waals surface area (Å²) in [6.07, 6.45) is 0. The lowest BCUT2D eigenvalue weighted by Gasteiger charge is -2.14. The highest BCUT2D eigenvalue weighted by atomic mass is 16.3. The zero-order valence-corrected chi connectivity index (χ0v) is 76.9. The summed E-state index contributed by atoms with van der Waals surface area (Å²) in [6.45, 7) is 0. The molecule has 666 valence electrons. The maximum Gasteiger partial charge on any atom is 0.164 e. The third kappa shape index (κ3) is 15.5. The Balaban J connectivity index is 0.000000107. The largest absolute Gasteiger partial charge is 0.456 e. The molecule has 6 heterocycles. The van der Waals surface area contributed by atoms with Gasteiger partial charge < -0.3 is 13.3 Å². The first-order valence-electron chi connectivity index (χ1n) is 47.9. The molecular formula is C131H79N9O3. The molecule has 143 heavy (non-hydrogen) atoms. The lowest BCUT2D eigenvalue weighted by Crippen LogP contribution is -2.01. The van der Waals surface area contributed by atoms with Gasteiger partial charge in [-0.25, -0.2) is 44.9 Å². The van der Waals surface area contributed by atoms with Gasteiger partial charge in [-0.2, -0.15) is 0 Å². The van der Waals surface area contributed by atoms with Crippen molar-refractivity contribution in [2.45, 2.75) is 0 Å². The van der Waals surface area contributed by atoms with Gasteiger partial charge in [0.15, 0.2) is 52.4 Å². The molecular weight excluding hydrogens is 1750 g/mol. The van der Waals surface area contributed by atoms with Crippen LogP contribution in [-0.4, -0.2) is 44.9 Å². The molecule has 0 saturated carbocycles. The number of hydrogen-bond acceptors (Lipinski definition) is 12. The van der Waals surface area contributed by atoms with Gasteiger partial charge in [0.1, 0.15) is 33.5 Å². The van der Waals surface area contributed by atoms with Crippen LogP contribution in [0.25, 0.3) is 288 Å². The van der Waals surface area contributed by atoms with Crippen molar-refractivity contribution in [3.8, 4) is 136 Å². The second-order valence-electron chi connectivity index (χ2n) is 36.2. The summed E-state index contributed by atoms with van der Waals surface area (Å²) in [5, 5.41) is 25.2. The Bertz CT molecular complexity index is 9900. The van der Waals surface area contributed by atoms with Crippen LogP contribution >= 0.6 is 0 Å². The standard InChI is InChI=1S/2C45H27N3O.C41H25N3O/c1-3-11-30-25-34(19-17-28(30)9-1)43-46-44(35-20-18-29-10-2-4-12-31(29)26-35)48-45(47-43)38-14-6-5-13-36(38)32-21-23-37-33(27-32)22-24-41-42(37)39-15-7-8-16-40(39)49-41;1-2-11-29(12-3-1)43-46-44(35-21-18-28-10-4-5-13-30(28)22-35)48-45(47-43)40-25-32-15-7-6-14-31(32)24-38(40)34-20-19-33-27-42-39(26-36(33)23-34)37-16-8-9-17-41(37)49-42;1-3-10-27(11-4-1)39-42-40(28-12-5-2-6-13-28)44-41(43-39)33-16-9-14-31-24-29(20-22-32(31)33)30-19-18-26-21-23-37-38(35(26)25-30)34-15-7-8-17-36(34)45-37/h2*1-27H;1-25H. The van der Waals surface area contributed by atoms with E-state index in [0.29, 0.717) is 52.4 Å². The van der Waals surface area contributed by atoms with E-state index in [2.05, 4.69) is 352 Å². The highest BCUT2D eigenvalue weighted by Crippen LogP contribution is 2.45. The van der Waals surface area contributed by atoms with Crippen LogP contribution in [0.1, 0.15) is 0 Å². The van der Waals surface area contributed by atoms with E-state index < -0.39 is 0 Å². The van der Waals surface area contributed by atoms with Crippen LogP contribution in [-0.2, 0) is 0 Å². The van der Waals surface area contributed by atoms with Gasteiger partial charge in [-0.3, -0.25) is 0 Å². The molecule has 0 fully saturated rings. The molecule has 0 unspecified atom stereocenters. The monoisotopic (exact) mass is 1830 g/mol. The summed E-state index contributed by atoms with van der Waals surface area (Å²) in [4.78, 5) is 45.6. The zero-order valence-electron chi connectivity index (χ0n) is 76.9. The van der Waals surface area contributed by atoms with E-state index in [4.69, 9.17) is 58.1 Å². The summed E-state index contributed by atoms with van der Waals surface area (Å²) in [5.74, 6) is 5.79. The number of nitrogens with zero attached hydrogens (tertiary/aromatic N) is 9. The Morgan fingerprint density at radius 2 is 0.427 bits per heavy atom. The number of benzene rings is 23. The normalized spacial score (nSPS) is 11.6. The number of fused-ring (bicyclic) bond motifs is 19. The number of aromatic nitrogens is 9. The topological polar surface area (TPSA) is 155 Å². The third-order valence-electron chi connectivity index (χ3n) is 27.4. The quantitative estimate of drug-likeness (QED) is 0.114. The van der Waals surface area contributed by atoms with E-state index in [-0.39, 0.29) is 0 Å². The number of para-hydroxylation sites is 3.